The van der Waals surface area contributed by atoms with Gasteiger partial charge in [-0.05, 0) is 43.7 Å². The van der Waals surface area contributed by atoms with E-state index >= 15 is 0 Å². The zero-order valence-electron chi connectivity index (χ0n) is 15.3. The van der Waals surface area contributed by atoms with Crippen molar-refractivity contribution in [3.05, 3.63) is 66.2 Å². The Morgan fingerprint density at radius 3 is 2.56 bits per heavy atom. The maximum absolute atomic E-state index is 13.3. The smallest absolute Gasteiger partial charge is 0.264 e. The fraction of sp³-hybridized carbons (Fsp3) is 0.250. The fourth-order valence-electron chi connectivity index (χ4n) is 2.85. The van der Waals surface area contributed by atoms with Crippen molar-refractivity contribution < 1.29 is 17.9 Å². The van der Waals surface area contributed by atoms with Gasteiger partial charge in [-0.15, -0.1) is 6.58 Å². The van der Waals surface area contributed by atoms with Crippen molar-refractivity contribution in [1.82, 2.24) is 5.32 Å². The number of anilines is 1. The Labute approximate surface area is 159 Å². The van der Waals surface area contributed by atoms with E-state index in [4.69, 9.17) is 4.74 Å². The van der Waals surface area contributed by atoms with Crippen LogP contribution in [-0.4, -0.2) is 33.5 Å². The van der Waals surface area contributed by atoms with Gasteiger partial charge in [0.2, 0.25) is 0 Å². The van der Waals surface area contributed by atoms with Crippen LogP contribution in [0.3, 0.4) is 0 Å². The van der Waals surface area contributed by atoms with Crippen molar-refractivity contribution in [2.45, 2.75) is 24.8 Å². The van der Waals surface area contributed by atoms with E-state index in [2.05, 4.69) is 11.9 Å². The van der Waals surface area contributed by atoms with Crippen LogP contribution in [0.4, 0.5) is 5.69 Å². The van der Waals surface area contributed by atoms with E-state index in [1.807, 2.05) is 19.9 Å². The normalized spacial score (nSPS) is 16.2. The molecule has 1 aliphatic rings. The molecule has 0 unspecified atom stereocenters. The Morgan fingerprint density at radius 1 is 1.22 bits per heavy atom. The average Bonchev–Trinajstić information content (AvgIpc) is 2.65. The Kier molecular flexibility index (Phi) is 5.23. The highest BCUT2D eigenvalue weighted by molar-refractivity contribution is 7.92. The summed E-state index contributed by atoms with van der Waals surface area (Å²) < 4.78 is 33.5. The number of nitrogens with one attached hydrogen (secondary N) is 1. The first-order chi connectivity index (χ1) is 12.8. The summed E-state index contributed by atoms with van der Waals surface area (Å²) in [4.78, 5) is 12.6. The maximum Gasteiger partial charge on any atom is 0.264 e. The predicted octanol–water partition coefficient (Wildman–Crippen LogP) is 2.56. The third-order valence-corrected chi connectivity index (χ3v) is 6.10. The van der Waals surface area contributed by atoms with Crippen LogP contribution in [0.2, 0.25) is 0 Å². The molecule has 1 heterocycles. The van der Waals surface area contributed by atoms with Crippen LogP contribution in [0.25, 0.3) is 0 Å². The third kappa shape index (κ3) is 3.83. The summed E-state index contributed by atoms with van der Waals surface area (Å²) in [6.45, 7) is 7.52. The highest BCUT2D eigenvalue weighted by Crippen LogP contribution is 2.37. The van der Waals surface area contributed by atoms with Crippen LogP contribution in [0.5, 0.6) is 5.75 Å². The summed E-state index contributed by atoms with van der Waals surface area (Å²) in [6.07, 6.45) is 0.610. The number of fused-ring (bicyclic) bond motifs is 1. The number of hydrogen-bond donors (Lipinski definition) is 1. The lowest BCUT2D eigenvalue weighted by Crippen LogP contribution is -2.50. The van der Waals surface area contributed by atoms with Gasteiger partial charge in [-0.1, -0.05) is 29.8 Å². The highest BCUT2D eigenvalue weighted by atomic mass is 32.2. The molecule has 142 valence electrons. The molecule has 1 aliphatic heterocycles. The molecule has 2 aromatic carbocycles. The number of ether oxygens (including phenoxy) is 1. The monoisotopic (exact) mass is 386 g/mol. The van der Waals surface area contributed by atoms with E-state index in [-0.39, 0.29) is 23.9 Å². The Balaban J connectivity index is 2.03. The van der Waals surface area contributed by atoms with E-state index in [0.717, 1.165) is 11.1 Å². The molecule has 1 amide bonds. The van der Waals surface area contributed by atoms with Crippen LogP contribution < -0.4 is 14.4 Å². The van der Waals surface area contributed by atoms with Gasteiger partial charge in [-0.2, -0.15) is 0 Å². The summed E-state index contributed by atoms with van der Waals surface area (Å²) in [7, 11) is -3.84. The molecule has 0 bridgehead atoms. The van der Waals surface area contributed by atoms with Crippen molar-refractivity contribution >= 4 is 21.6 Å². The molecular formula is C20H22N2O4S. The molecule has 1 atom stereocenters. The van der Waals surface area contributed by atoms with Crippen LogP contribution in [0.15, 0.2) is 60.0 Å². The van der Waals surface area contributed by atoms with Crippen LogP contribution >= 0.6 is 0 Å². The second kappa shape index (κ2) is 7.44. The highest BCUT2D eigenvalue weighted by Gasteiger charge is 2.37. The van der Waals surface area contributed by atoms with Gasteiger partial charge >= 0.3 is 0 Å². The summed E-state index contributed by atoms with van der Waals surface area (Å²) >= 11 is 0. The van der Waals surface area contributed by atoms with Crippen LogP contribution in [-0.2, 0) is 14.8 Å². The van der Waals surface area contributed by atoms with E-state index in [9.17, 15) is 13.2 Å². The summed E-state index contributed by atoms with van der Waals surface area (Å²) in [5.74, 6) is -0.0122. The number of nitrogens with zero attached hydrogens (tertiary/aromatic N) is 1. The Bertz CT molecular complexity index is 968. The van der Waals surface area contributed by atoms with Gasteiger partial charge in [-0.3, -0.25) is 9.10 Å². The molecule has 0 saturated heterocycles. The molecule has 0 fully saturated rings. The van der Waals surface area contributed by atoms with Crippen molar-refractivity contribution in [1.29, 1.82) is 0 Å². The number of benzene rings is 2. The SMILES string of the molecule is C=CCNC(=O)[C@@H]1CN(S(=O)(=O)c2ccc(C)cc2)c2ccc(C)cc2O1. The van der Waals surface area contributed by atoms with Gasteiger partial charge < -0.3 is 10.1 Å². The van der Waals surface area contributed by atoms with Crippen molar-refractivity contribution in [2.24, 2.45) is 0 Å². The second-order valence-corrected chi connectivity index (χ2v) is 8.32. The van der Waals surface area contributed by atoms with Crippen LogP contribution in [0, 0.1) is 13.8 Å². The van der Waals surface area contributed by atoms with Gasteiger partial charge in [0.05, 0.1) is 17.1 Å². The maximum atomic E-state index is 13.3. The van der Waals surface area contributed by atoms with Crippen molar-refractivity contribution in [2.75, 3.05) is 17.4 Å². The summed E-state index contributed by atoms with van der Waals surface area (Å²) in [5, 5.41) is 2.66. The topological polar surface area (TPSA) is 75.7 Å². The van der Waals surface area contributed by atoms with E-state index < -0.39 is 16.1 Å². The first-order valence-electron chi connectivity index (χ1n) is 8.58. The molecule has 27 heavy (non-hydrogen) atoms. The third-order valence-electron chi connectivity index (χ3n) is 4.31. The van der Waals surface area contributed by atoms with Crippen LogP contribution in [0.1, 0.15) is 11.1 Å². The largest absolute Gasteiger partial charge is 0.476 e. The minimum Gasteiger partial charge on any atom is -0.476 e. The van der Waals surface area contributed by atoms with Gasteiger partial charge in [0.1, 0.15) is 5.75 Å². The first kappa shape index (κ1) is 19.0. The quantitative estimate of drug-likeness (QED) is 0.802. The fourth-order valence-corrected chi connectivity index (χ4v) is 4.33. The summed E-state index contributed by atoms with van der Waals surface area (Å²) in [5.41, 5.74) is 2.30. The minimum absolute atomic E-state index is 0.102. The number of carbonyl (C=O) groups excluding carboxylic acids is 1. The molecule has 3 rings (SSSR count). The molecule has 6 nitrogen and oxygen atoms in total. The number of hydrogen-bond acceptors (Lipinski definition) is 4. The van der Waals surface area contributed by atoms with Crippen molar-refractivity contribution in [3.8, 4) is 5.75 Å². The lowest BCUT2D eigenvalue weighted by molar-refractivity contribution is -0.127. The molecule has 0 radical (unpaired) electrons. The van der Waals surface area contributed by atoms with E-state index in [1.54, 1.807) is 42.5 Å². The number of aryl methyl sites for hydroxylation is 2. The zero-order chi connectivity index (χ0) is 19.6. The molecule has 1 N–H and O–H groups in total. The lowest BCUT2D eigenvalue weighted by Gasteiger charge is -2.35. The van der Waals surface area contributed by atoms with E-state index in [0.29, 0.717) is 11.4 Å². The number of sulfonamides is 1. The molecule has 2 aromatic rings. The first-order valence-corrected chi connectivity index (χ1v) is 10.0. The number of rotatable bonds is 5. The second-order valence-electron chi connectivity index (χ2n) is 6.46. The molecular weight excluding hydrogens is 364 g/mol. The lowest BCUT2D eigenvalue weighted by atomic mass is 10.1. The standard InChI is InChI=1S/C20H22N2O4S/c1-4-11-21-20(23)19-13-22(17-10-7-15(3)12-18(17)26-19)27(24,25)16-8-5-14(2)6-9-16/h4-10,12,19H,1,11,13H2,2-3H3,(H,21,23)/t19-/m0/s1. The predicted molar refractivity (Wildman–Crippen MR) is 105 cm³/mol. The molecule has 0 saturated carbocycles. The Hall–Kier alpha value is -2.80. The summed E-state index contributed by atoms with van der Waals surface area (Å²) in [6, 6.07) is 11.9. The van der Waals surface area contributed by atoms with Gasteiger partial charge in [0.25, 0.3) is 15.9 Å². The minimum atomic E-state index is -3.84. The van der Waals surface area contributed by atoms with Gasteiger partial charge in [0.15, 0.2) is 6.10 Å². The molecule has 0 aromatic heterocycles. The van der Waals surface area contributed by atoms with E-state index in [1.165, 1.54) is 4.31 Å². The van der Waals surface area contributed by atoms with Crippen molar-refractivity contribution in [3.63, 3.8) is 0 Å². The van der Waals surface area contributed by atoms with Gasteiger partial charge in [0, 0.05) is 6.54 Å². The number of amides is 1. The average molecular weight is 386 g/mol. The number of carbonyl (C=O) groups is 1. The molecule has 7 heteroatoms. The zero-order valence-corrected chi connectivity index (χ0v) is 16.1. The molecule has 0 spiro atoms. The van der Waals surface area contributed by atoms with Gasteiger partial charge in [-0.25, -0.2) is 8.42 Å². The molecule has 0 aliphatic carbocycles. The Morgan fingerprint density at radius 2 is 1.89 bits per heavy atom.